The molecule has 0 fully saturated rings. The fourth-order valence-corrected chi connectivity index (χ4v) is 3.73. The molecule has 0 aromatic heterocycles. The zero-order valence-corrected chi connectivity index (χ0v) is 17.3. The van der Waals surface area contributed by atoms with Gasteiger partial charge in [0.15, 0.2) is 0 Å². The predicted octanol–water partition coefficient (Wildman–Crippen LogP) is 5.10. The lowest BCUT2D eigenvalue weighted by atomic mass is 10.1. The standard InChI is InChI=1S/C24H30N2O3/c1-3-5-12-18(4-2)29-22-16-7-6-14-21(22)26-24(28)23(27)25-20-15-9-11-17-10-8-13-19(17)20/h6-7,9,11,14-16,18H,3-5,8,10,12-13H2,1-2H3,(H,25,27)(H,26,28). The van der Waals surface area contributed by atoms with E-state index in [9.17, 15) is 9.59 Å². The number of anilines is 2. The van der Waals surface area contributed by atoms with Crippen molar-refractivity contribution in [3.05, 3.63) is 53.6 Å². The van der Waals surface area contributed by atoms with Crippen LogP contribution in [0.25, 0.3) is 0 Å². The molecule has 2 aromatic rings. The van der Waals surface area contributed by atoms with Gasteiger partial charge in [0.05, 0.1) is 11.8 Å². The fourth-order valence-electron chi connectivity index (χ4n) is 3.73. The number of unbranched alkanes of at least 4 members (excludes halogenated alkanes) is 1. The highest BCUT2D eigenvalue weighted by atomic mass is 16.5. The summed E-state index contributed by atoms with van der Waals surface area (Å²) in [6.45, 7) is 4.24. The molecule has 0 aliphatic heterocycles. The summed E-state index contributed by atoms with van der Waals surface area (Å²) in [6.07, 6.45) is 7.19. The first-order valence-corrected chi connectivity index (χ1v) is 10.6. The Bertz CT molecular complexity index is 863. The van der Waals surface area contributed by atoms with Gasteiger partial charge in [-0.3, -0.25) is 9.59 Å². The van der Waals surface area contributed by atoms with Crippen molar-refractivity contribution in [1.82, 2.24) is 0 Å². The number of fused-ring (bicyclic) bond motifs is 1. The minimum atomic E-state index is -0.696. The monoisotopic (exact) mass is 394 g/mol. The molecule has 0 spiro atoms. The highest BCUT2D eigenvalue weighted by Gasteiger charge is 2.20. The summed E-state index contributed by atoms with van der Waals surface area (Å²) in [7, 11) is 0. The van der Waals surface area contributed by atoms with Crippen LogP contribution in [0.15, 0.2) is 42.5 Å². The number of rotatable bonds is 8. The van der Waals surface area contributed by atoms with E-state index in [0.717, 1.165) is 56.2 Å². The largest absolute Gasteiger partial charge is 0.488 e. The Labute approximate surface area is 172 Å². The van der Waals surface area contributed by atoms with Crippen LogP contribution >= 0.6 is 0 Å². The smallest absolute Gasteiger partial charge is 0.314 e. The lowest BCUT2D eigenvalue weighted by molar-refractivity contribution is -0.133. The molecule has 2 amide bonds. The van der Waals surface area contributed by atoms with Crippen molar-refractivity contribution < 1.29 is 14.3 Å². The molecule has 5 nitrogen and oxygen atoms in total. The lowest BCUT2D eigenvalue weighted by Crippen LogP contribution is -2.29. The summed E-state index contributed by atoms with van der Waals surface area (Å²) in [5.74, 6) is -0.770. The second-order valence-electron chi connectivity index (χ2n) is 7.49. The van der Waals surface area contributed by atoms with E-state index in [1.807, 2.05) is 30.3 Å². The maximum atomic E-state index is 12.5. The highest BCUT2D eigenvalue weighted by molar-refractivity contribution is 6.43. The number of hydrogen-bond acceptors (Lipinski definition) is 3. The van der Waals surface area contributed by atoms with Crippen LogP contribution in [0.2, 0.25) is 0 Å². The first kappa shape index (κ1) is 20.9. The van der Waals surface area contributed by atoms with Crippen molar-refractivity contribution in [3.63, 3.8) is 0 Å². The molecule has 0 bridgehead atoms. The fraction of sp³-hybridized carbons (Fsp3) is 0.417. The zero-order valence-electron chi connectivity index (χ0n) is 17.3. The molecule has 0 heterocycles. The predicted molar refractivity (Wildman–Crippen MR) is 116 cm³/mol. The Morgan fingerprint density at radius 2 is 1.69 bits per heavy atom. The molecule has 0 saturated heterocycles. The zero-order chi connectivity index (χ0) is 20.6. The van der Waals surface area contributed by atoms with Crippen molar-refractivity contribution in [2.24, 2.45) is 0 Å². The van der Waals surface area contributed by atoms with E-state index >= 15 is 0 Å². The Kier molecular flexibility index (Phi) is 7.28. The van der Waals surface area contributed by atoms with Gasteiger partial charge >= 0.3 is 11.8 Å². The van der Waals surface area contributed by atoms with Gasteiger partial charge in [-0.15, -0.1) is 0 Å². The topological polar surface area (TPSA) is 67.4 Å². The highest BCUT2D eigenvalue weighted by Crippen LogP contribution is 2.29. The number of para-hydroxylation sites is 2. The van der Waals surface area contributed by atoms with E-state index < -0.39 is 11.8 Å². The molecule has 1 aliphatic carbocycles. The van der Waals surface area contributed by atoms with Crippen molar-refractivity contribution in [2.45, 2.75) is 64.9 Å². The Morgan fingerprint density at radius 1 is 0.966 bits per heavy atom. The van der Waals surface area contributed by atoms with Crippen molar-refractivity contribution >= 4 is 23.2 Å². The lowest BCUT2D eigenvalue weighted by Gasteiger charge is -2.20. The number of benzene rings is 2. The van der Waals surface area contributed by atoms with Crippen molar-refractivity contribution in [3.8, 4) is 5.75 Å². The maximum absolute atomic E-state index is 12.5. The number of amides is 2. The number of aryl methyl sites for hydroxylation is 1. The van der Waals surface area contributed by atoms with Gasteiger partial charge in [0.25, 0.3) is 0 Å². The van der Waals surface area contributed by atoms with Crippen LogP contribution in [-0.2, 0) is 22.4 Å². The Hall–Kier alpha value is -2.82. The summed E-state index contributed by atoms with van der Waals surface area (Å²) in [5, 5.41) is 5.48. The molecule has 5 heteroatoms. The van der Waals surface area contributed by atoms with Gasteiger partial charge in [0.2, 0.25) is 0 Å². The molecule has 1 aliphatic rings. The average Bonchev–Trinajstić information content (AvgIpc) is 3.22. The quantitative estimate of drug-likeness (QED) is 0.612. The van der Waals surface area contributed by atoms with Crippen LogP contribution in [0.4, 0.5) is 11.4 Å². The maximum Gasteiger partial charge on any atom is 0.314 e. The molecule has 2 N–H and O–H groups in total. The molecule has 1 unspecified atom stereocenters. The molecule has 0 radical (unpaired) electrons. The van der Waals surface area contributed by atoms with Gasteiger partial charge in [0.1, 0.15) is 5.75 Å². The van der Waals surface area contributed by atoms with Gasteiger partial charge in [-0.25, -0.2) is 0 Å². The van der Waals surface area contributed by atoms with Gasteiger partial charge in [-0.2, -0.15) is 0 Å². The number of carbonyl (C=O) groups excluding carboxylic acids is 2. The van der Waals surface area contributed by atoms with E-state index in [1.54, 1.807) is 6.07 Å². The van der Waals surface area contributed by atoms with Crippen LogP contribution in [0.5, 0.6) is 5.75 Å². The molecule has 2 aromatic carbocycles. The van der Waals surface area contributed by atoms with E-state index in [4.69, 9.17) is 4.74 Å². The van der Waals surface area contributed by atoms with Crippen molar-refractivity contribution in [1.29, 1.82) is 0 Å². The summed E-state index contributed by atoms with van der Waals surface area (Å²) < 4.78 is 6.11. The van der Waals surface area contributed by atoms with E-state index in [-0.39, 0.29) is 6.10 Å². The number of nitrogens with one attached hydrogen (secondary N) is 2. The van der Waals surface area contributed by atoms with Gasteiger partial charge in [-0.1, -0.05) is 51.0 Å². The SMILES string of the molecule is CCCCC(CC)Oc1ccccc1NC(=O)C(=O)Nc1cccc2c1CCC2. The van der Waals surface area contributed by atoms with Crippen LogP contribution in [0, 0.1) is 0 Å². The summed E-state index contributed by atoms with van der Waals surface area (Å²) in [4.78, 5) is 25.0. The first-order chi connectivity index (χ1) is 14.1. The Morgan fingerprint density at radius 3 is 2.45 bits per heavy atom. The minimum Gasteiger partial charge on any atom is -0.488 e. The van der Waals surface area contributed by atoms with E-state index in [1.165, 1.54) is 5.56 Å². The average molecular weight is 395 g/mol. The van der Waals surface area contributed by atoms with Crippen LogP contribution in [-0.4, -0.2) is 17.9 Å². The summed E-state index contributed by atoms with van der Waals surface area (Å²) in [6, 6.07) is 13.1. The summed E-state index contributed by atoms with van der Waals surface area (Å²) in [5.41, 5.74) is 3.63. The van der Waals surface area contributed by atoms with Gasteiger partial charge < -0.3 is 15.4 Å². The van der Waals surface area contributed by atoms with E-state index in [2.05, 4.69) is 30.5 Å². The van der Waals surface area contributed by atoms with E-state index in [0.29, 0.717) is 11.4 Å². The van der Waals surface area contributed by atoms with Gasteiger partial charge in [0, 0.05) is 5.69 Å². The third-order valence-electron chi connectivity index (χ3n) is 5.36. The number of ether oxygens (including phenoxy) is 1. The second kappa shape index (κ2) is 10.1. The number of hydrogen-bond donors (Lipinski definition) is 2. The van der Waals surface area contributed by atoms with Gasteiger partial charge in [-0.05, 0) is 61.4 Å². The molecular formula is C24H30N2O3. The van der Waals surface area contributed by atoms with Crippen molar-refractivity contribution in [2.75, 3.05) is 10.6 Å². The molecule has 1 atom stereocenters. The molecule has 29 heavy (non-hydrogen) atoms. The summed E-state index contributed by atoms with van der Waals surface area (Å²) >= 11 is 0. The number of carbonyl (C=O) groups is 2. The third-order valence-corrected chi connectivity index (χ3v) is 5.36. The second-order valence-corrected chi connectivity index (χ2v) is 7.49. The normalized spacial score (nSPS) is 13.4. The van der Waals surface area contributed by atoms with Crippen LogP contribution in [0.1, 0.15) is 57.1 Å². The molecular weight excluding hydrogens is 364 g/mol. The molecule has 3 rings (SSSR count). The van der Waals surface area contributed by atoms with Crippen LogP contribution in [0.3, 0.4) is 0 Å². The third kappa shape index (κ3) is 5.37. The first-order valence-electron chi connectivity index (χ1n) is 10.6. The van der Waals surface area contributed by atoms with Crippen LogP contribution < -0.4 is 15.4 Å². The minimum absolute atomic E-state index is 0.0914. The molecule has 0 saturated carbocycles. The molecule has 154 valence electrons. The Balaban J connectivity index is 1.66.